The summed E-state index contributed by atoms with van der Waals surface area (Å²) in [6, 6.07) is 0. The molecule has 6 heterocycles. The molecule has 0 spiro atoms. The van der Waals surface area contributed by atoms with Gasteiger partial charge in [-0.2, -0.15) is 0 Å². The molecule has 0 unspecified atom stereocenters. The van der Waals surface area contributed by atoms with Crippen LogP contribution in [-0.2, 0) is 56.8 Å². The van der Waals surface area contributed by atoms with E-state index in [1.165, 1.54) is 42.7 Å². The van der Waals surface area contributed by atoms with Crippen LogP contribution in [0.15, 0.2) is 0 Å². The number of aliphatic hydroxyl groups is 18. The highest BCUT2D eigenvalue weighted by atomic mass is 16.7. The predicted octanol–water partition coefficient (Wildman–Crippen LogP) is -7.68. The summed E-state index contributed by atoms with van der Waals surface area (Å²) in [5, 5.41) is 168. The largest absolute Gasteiger partial charge is 0.388 e. The second kappa shape index (κ2) is 35.6. The van der Waals surface area contributed by atoms with Crippen molar-refractivity contribution < 1.29 is 149 Å². The Morgan fingerprint density at radius 2 is 0.368 bits per heavy atom. The lowest BCUT2D eigenvalue weighted by molar-refractivity contribution is -0.290. The van der Waals surface area contributed by atoms with Gasteiger partial charge in [0.15, 0.2) is 37.7 Å². The molecule has 0 aromatic rings. The summed E-state index contributed by atoms with van der Waals surface area (Å²) < 4.78 is 59.6. The van der Waals surface area contributed by atoms with Crippen LogP contribution in [0.2, 0.25) is 0 Å². The normalized spacial score (nSPS) is 47.3. The van der Waals surface area contributed by atoms with Gasteiger partial charge in [-0.05, 0) is 39.5 Å². The Kier molecular flexibility index (Phi) is 34.1. The number of hydrogen-bond acceptors (Lipinski definition) is 30. The lowest BCUT2D eigenvalue weighted by Gasteiger charge is -2.39. The molecule has 30 nitrogen and oxygen atoms in total. The third kappa shape index (κ3) is 19.5. The van der Waals surface area contributed by atoms with Gasteiger partial charge in [0, 0.05) is 42.7 Å². The summed E-state index contributed by atoms with van der Waals surface area (Å²) in [5.74, 6) is 0. The SMILES string of the molecule is CC[C@H]1O[C@@H](OC)[C@H](O)[C@@H](O)[C@@H]1O.CC[C@H]1O[C@@H](OC)[C@H](O)[C@@H](O)[C@H]1O.CC[C@H]1O[C@H](OC)[C@H](O)[C@@H](O)[C@@H]1O.CC[C@H]1O[C@H](OC)[C@H](O)[C@@H](O)[C@H]1O.CO[C@@H]1O[C@H](C)[C@@H](O)[C@H](O)[C@H]1O.CO[C@H]1O[C@H](C)[C@@H](O)[C@H](O)[C@H]1O. The Bertz CT molecular complexity index is 1230. The van der Waals surface area contributed by atoms with Crippen LogP contribution in [0.3, 0.4) is 0 Å². The summed E-state index contributed by atoms with van der Waals surface area (Å²) in [7, 11) is 8.25. The van der Waals surface area contributed by atoms with E-state index in [0.717, 1.165) is 0 Å². The summed E-state index contributed by atoms with van der Waals surface area (Å²) in [6.45, 7) is 10.5. The van der Waals surface area contributed by atoms with Crippen LogP contribution in [0, 0.1) is 0 Å². The van der Waals surface area contributed by atoms with Crippen molar-refractivity contribution in [3.63, 3.8) is 0 Å². The van der Waals surface area contributed by atoms with Crippen LogP contribution in [0.5, 0.6) is 0 Å². The molecule has 6 rings (SSSR count). The van der Waals surface area contributed by atoms with Gasteiger partial charge >= 0.3 is 0 Å². The predicted molar refractivity (Wildman–Crippen MR) is 255 cm³/mol. The highest BCUT2D eigenvalue weighted by Crippen LogP contribution is 2.27. The summed E-state index contributed by atoms with van der Waals surface area (Å²) >= 11 is 0. The molecule has 0 aromatic carbocycles. The van der Waals surface area contributed by atoms with Gasteiger partial charge in [0.1, 0.15) is 110 Å². The molecule has 18 N–H and O–H groups in total. The molecule has 6 saturated heterocycles. The van der Waals surface area contributed by atoms with E-state index in [1.807, 2.05) is 27.7 Å². The maximum Gasteiger partial charge on any atom is 0.186 e. The van der Waals surface area contributed by atoms with E-state index in [9.17, 15) is 91.9 Å². The molecule has 6 aliphatic heterocycles. The van der Waals surface area contributed by atoms with Crippen molar-refractivity contribution in [2.45, 2.75) is 251 Å². The van der Waals surface area contributed by atoms with Crippen LogP contribution in [0.1, 0.15) is 67.2 Å². The lowest BCUT2D eigenvalue weighted by Crippen LogP contribution is -2.57. The fourth-order valence-electron chi connectivity index (χ4n) is 8.21. The minimum atomic E-state index is -1.21. The fourth-order valence-corrected chi connectivity index (χ4v) is 8.21. The zero-order valence-electron chi connectivity index (χ0n) is 45.1. The average Bonchev–Trinajstić information content (AvgIpc) is 3.42. The van der Waals surface area contributed by atoms with Gasteiger partial charge < -0.3 is 149 Å². The van der Waals surface area contributed by atoms with Gasteiger partial charge in [-0.3, -0.25) is 0 Å². The maximum absolute atomic E-state index is 9.43. The van der Waals surface area contributed by atoms with Crippen molar-refractivity contribution in [2.75, 3.05) is 42.7 Å². The molecule has 0 saturated carbocycles. The molecule has 456 valence electrons. The summed E-state index contributed by atoms with van der Waals surface area (Å²) in [4.78, 5) is 0. The van der Waals surface area contributed by atoms with E-state index < -0.39 is 184 Å². The van der Waals surface area contributed by atoms with Crippen LogP contribution < -0.4 is 0 Å². The third-order valence-corrected chi connectivity index (χ3v) is 13.3. The van der Waals surface area contributed by atoms with Crippen molar-refractivity contribution in [3.8, 4) is 0 Å². The topological polar surface area (TPSA) is 475 Å². The first-order chi connectivity index (χ1) is 35.6. The summed E-state index contributed by atoms with van der Waals surface area (Å²) in [6.07, 6.45) is -26.6. The van der Waals surface area contributed by atoms with E-state index in [0.29, 0.717) is 25.7 Å². The molecule has 30 heteroatoms. The number of hydrogen-bond donors (Lipinski definition) is 18. The van der Waals surface area contributed by atoms with E-state index in [4.69, 9.17) is 56.8 Å². The minimum absolute atomic E-state index is 0.483. The highest BCUT2D eigenvalue weighted by molar-refractivity contribution is 4.92. The van der Waals surface area contributed by atoms with Crippen molar-refractivity contribution in [1.29, 1.82) is 0 Å². The van der Waals surface area contributed by atoms with Crippen molar-refractivity contribution in [1.82, 2.24) is 0 Å². The molecule has 0 aliphatic carbocycles. The van der Waals surface area contributed by atoms with E-state index >= 15 is 0 Å². The number of ether oxygens (including phenoxy) is 12. The Morgan fingerprint density at radius 3 is 0.513 bits per heavy atom. The van der Waals surface area contributed by atoms with Crippen LogP contribution in [0.25, 0.3) is 0 Å². The number of methoxy groups -OCH3 is 6. The first-order valence-electron chi connectivity index (χ1n) is 25.0. The third-order valence-electron chi connectivity index (χ3n) is 13.3. The molecule has 0 amide bonds. The van der Waals surface area contributed by atoms with Gasteiger partial charge in [0.2, 0.25) is 0 Å². The zero-order valence-corrected chi connectivity index (χ0v) is 45.1. The van der Waals surface area contributed by atoms with E-state index in [1.54, 1.807) is 13.8 Å². The minimum Gasteiger partial charge on any atom is -0.388 e. The number of aliphatic hydroxyl groups excluding tert-OH is 18. The molecule has 0 radical (unpaired) electrons. The molecule has 76 heavy (non-hydrogen) atoms. The second-order valence-corrected chi connectivity index (χ2v) is 18.5. The van der Waals surface area contributed by atoms with Crippen LogP contribution in [0.4, 0.5) is 0 Å². The van der Waals surface area contributed by atoms with Crippen molar-refractivity contribution in [2.24, 2.45) is 0 Å². The summed E-state index contributed by atoms with van der Waals surface area (Å²) in [5.41, 5.74) is 0. The Labute approximate surface area is 442 Å². The van der Waals surface area contributed by atoms with Crippen molar-refractivity contribution in [3.05, 3.63) is 0 Å². The van der Waals surface area contributed by atoms with E-state index in [-0.39, 0.29) is 0 Å². The zero-order chi connectivity index (χ0) is 58.6. The quantitative estimate of drug-likeness (QED) is 0.0966. The van der Waals surface area contributed by atoms with Gasteiger partial charge in [-0.25, -0.2) is 0 Å². The molecule has 30 atom stereocenters. The van der Waals surface area contributed by atoms with E-state index in [2.05, 4.69) is 0 Å². The maximum atomic E-state index is 9.43. The monoisotopic (exact) mass is 1120 g/mol. The molecule has 0 aromatic heterocycles. The highest BCUT2D eigenvalue weighted by Gasteiger charge is 2.47. The van der Waals surface area contributed by atoms with Crippen LogP contribution in [-0.4, -0.2) is 319 Å². The smallest absolute Gasteiger partial charge is 0.186 e. The van der Waals surface area contributed by atoms with Gasteiger partial charge in [-0.1, -0.05) is 27.7 Å². The Balaban J connectivity index is 0.000000456. The van der Waals surface area contributed by atoms with Crippen molar-refractivity contribution >= 4 is 0 Å². The first kappa shape index (κ1) is 72.8. The molecule has 0 bridgehead atoms. The Morgan fingerprint density at radius 1 is 0.224 bits per heavy atom. The first-order valence-corrected chi connectivity index (χ1v) is 25.0. The molecule has 6 fully saturated rings. The van der Waals surface area contributed by atoms with Gasteiger partial charge in [0.25, 0.3) is 0 Å². The van der Waals surface area contributed by atoms with Gasteiger partial charge in [0.05, 0.1) is 36.6 Å². The van der Waals surface area contributed by atoms with Crippen LogP contribution >= 0.6 is 0 Å². The average molecular weight is 1130 g/mol. The molecular weight excluding hydrogens is 1030 g/mol. The standard InChI is InChI=1S/4C8H16O5.2C7H14O5/c4*1-3-4-5(9)6(10)7(11)8(12-2)13-4;2*1-3-4(8)5(9)6(10)7(11-2)12-3/h4*4-11H,3H2,1-2H3;2*3-10H,1-2H3/t4-,5+,6+,7-,8+;4-,5+,6+,7-,8-;4-,5-,6+,7-,8+;4-,5-,6+,7-,8-;3-,4-,5+,6-,7+;3-,4-,5+,6-,7-/m111111/s1. The lowest BCUT2D eigenvalue weighted by atomic mass is 9.97. The number of rotatable bonds is 10. The molecule has 6 aliphatic rings. The second-order valence-electron chi connectivity index (χ2n) is 18.5. The fraction of sp³-hybridized carbons (Fsp3) is 1.00. The van der Waals surface area contributed by atoms with Gasteiger partial charge in [-0.15, -0.1) is 0 Å². The Hall–Kier alpha value is -1.20. The molecular formula is C46H92O30.